The van der Waals surface area contributed by atoms with Crippen LogP contribution in [0.15, 0.2) is 53.1 Å². The number of halogens is 1. The van der Waals surface area contributed by atoms with E-state index in [1.165, 1.54) is 19.3 Å². The average molecular weight is 365 g/mol. The highest BCUT2D eigenvalue weighted by molar-refractivity contribution is 5.64. The molecule has 1 atom stereocenters. The maximum absolute atomic E-state index is 14.7. The quantitative estimate of drug-likeness (QED) is 0.637. The summed E-state index contributed by atoms with van der Waals surface area (Å²) in [4.78, 5) is 6.91. The maximum Gasteiger partial charge on any atom is 0.233 e. The molecule has 0 bridgehead atoms. The minimum Gasteiger partial charge on any atom is -0.339 e. The van der Waals surface area contributed by atoms with E-state index >= 15 is 0 Å². The van der Waals surface area contributed by atoms with Crippen molar-refractivity contribution in [1.29, 1.82) is 0 Å². The lowest BCUT2D eigenvalue weighted by Gasteiger charge is -2.24. The number of likely N-dealkylation sites (tertiary alicyclic amines) is 1. The second kappa shape index (κ2) is 8.01. The minimum atomic E-state index is -0.237. The van der Waals surface area contributed by atoms with Crippen LogP contribution in [0.5, 0.6) is 0 Å². The molecule has 1 saturated heterocycles. The van der Waals surface area contributed by atoms with Crippen molar-refractivity contribution in [3.8, 4) is 11.1 Å². The van der Waals surface area contributed by atoms with Gasteiger partial charge in [0.2, 0.25) is 5.89 Å². The lowest BCUT2D eigenvalue weighted by molar-refractivity contribution is 0.213. The predicted molar refractivity (Wildman–Crippen MR) is 103 cm³/mol. The molecule has 2 aromatic carbocycles. The van der Waals surface area contributed by atoms with Gasteiger partial charge in [-0.25, -0.2) is 4.39 Å². The van der Waals surface area contributed by atoms with Gasteiger partial charge in [-0.2, -0.15) is 4.98 Å². The van der Waals surface area contributed by atoms with Crippen LogP contribution in [0.4, 0.5) is 4.39 Å². The van der Waals surface area contributed by atoms with Crippen molar-refractivity contribution in [2.24, 2.45) is 0 Å². The molecule has 0 N–H and O–H groups in total. The molecule has 4 rings (SSSR count). The molecule has 2 heterocycles. The van der Waals surface area contributed by atoms with Gasteiger partial charge in [-0.1, -0.05) is 54.0 Å². The van der Waals surface area contributed by atoms with Gasteiger partial charge in [0.05, 0.1) is 12.5 Å². The summed E-state index contributed by atoms with van der Waals surface area (Å²) in [6.07, 6.45) is 3.76. The van der Waals surface area contributed by atoms with Crippen LogP contribution in [0.1, 0.15) is 49.4 Å². The second-order valence-corrected chi connectivity index (χ2v) is 7.21. The molecule has 0 amide bonds. The smallest absolute Gasteiger partial charge is 0.233 e. The molecular weight excluding hydrogens is 341 g/mol. The maximum atomic E-state index is 14.7. The van der Waals surface area contributed by atoms with Crippen LogP contribution in [-0.4, -0.2) is 28.1 Å². The first-order valence-electron chi connectivity index (χ1n) is 9.60. The molecule has 0 spiro atoms. The fourth-order valence-corrected chi connectivity index (χ4v) is 3.62. The minimum absolute atomic E-state index is 0.146. The van der Waals surface area contributed by atoms with Gasteiger partial charge in [0.15, 0.2) is 5.82 Å². The standard InChI is InChI=1S/C22H24FN3O/c1-16(22-24-21(25-27-22)15-26-12-6-3-7-13-26)18-10-11-19(20(23)14-18)17-8-4-2-5-9-17/h2,4-5,8-11,14,16H,3,6-7,12-13,15H2,1H3. The molecular formula is C22H24FN3O. The number of hydrogen-bond acceptors (Lipinski definition) is 4. The number of rotatable bonds is 5. The predicted octanol–water partition coefficient (Wildman–Crippen LogP) is 5.01. The van der Waals surface area contributed by atoms with Crippen molar-refractivity contribution in [3.05, 3.63) is 71.6 Å². The zero-order chi connectivity index (χ0) is 18.6. The van der Waals surface area contributed by atoms with E-state index in [4.69, 9.17) is 4.52 Å². The molecule has 0 radical (unpaired) electrons. The molecule has 5 heteroatoms. The third kappa shape index (κ3) is 4.08. The Labute approximate surface area is 159 Å². The van der Waals surface area contributed by atoms with Gasteiger partial charge in [-0.3, -0.25) is 4.90 Å². The van der Waals surface area contributed by atoms with E-state index in [2.05, 4.69) is 15.0 Å². The highest BCUT2D eigenvalue weighted by Crippen LogP contribution is 2.29. The zero-order valence-corrected chi connectivity index (χ0v) is 15.6. The molecule has 140 valence electrons. The monoisotopic (exact) mass is 365 g/mol. The molecule has 1 unspecified atom stereocenters. The van der Waals surface area contributed by atoms with Crippen LogP contribution in [0, 0.1) is 5.82 Å². The third-order valence-electron chi connectivity index (χ3n) is 5.25. The first kappa shape index (κ1) is 17.9. The molecule has 27 heavy (non-hydrogen) atoms. The molecule has 3 aromatic rings. The zero-order valence-electron chi connectivity index (χ0n) is 15.6. The third-order valence-corrected chi connectivity index (χ3v) is 5.25. The topological polar surface area (TPSA) is 42.2 Å². The summed E-state index contributed by atoms with van der Waals surface area (Å²) < 4.78 is 20.1. The van der Waals surface area contributed by atoms with E-state index in [0.29, 0.717) is 17.3 Å². The number of hydrogen-bond donors (Lipinski definition) is 0. The van der Waals surface area contributed by atoms with E-state index in [1.807, 2.05) is 49.4 Å². The normalized spacial score (nSPS) is 16.4. The molecule has 1 fully saturated rings. The fourth-order valence-electron chi connectivity index (χ4n) is 3.62. The first-order chi connectivity index (χ1) is 13.2. The first-order valence-corrected chi connectivity index (χ1v) is 9.60. The summed E-state index contributed by atoms with van der Waals surface area (Å²) in [5, 5.41) is 4.12. The summed E-state index contributed by atoms with van der Waals surface area (Å²) in [6, 6.07) is 14.9. The van der Waals surface area contributed by atoms with Crippen molar-refractivity contribution in [1.82, 2.24) is 15.0 Å². The number of benzene rings is 2. The summed E-state index contributed by atoms with van der Waals surface area (Å²) in [7, 11) is 0. The van der Waals surface area contributed by atoms with E-state index in [1.54, 1.807) is 6.07 Å². The Balaban J connectivity index is 1.49. The summed E-state index contributed by atoms with van der Waals surface area (Å²) in [6.45, 7) is 4.86. The molecule has 1 aliphatic rings. The highest BCUT2D eigenvalue weighted by atomic mass is 19.1. The van der Waals surface area contributed by atoms with Gasteiger partial charge in [-0.15, -0.1) is 0 Å². The van der Waals surface area contributed by atoms with Crippen LogP contribution in [0.2, 0.25) is 0 Å². The van der Waals surface area contributed by atoms with Crippen LogP contribution in [0.25, 0.3) is 11.1 Å². The number of nitrogens with zero attached hydrogens (tertiary/aromatic N) is 3. The average Bonchev–Trinajstić information content (AvgIpc) is 3.17. The van der Waals surface area contributed by atoms with Gasteiger partial charge in [0, 0.05) is 5.56 Å². The Morgan fingerprint density at radius 2 is 1.85 bits per heavy atom. The molecule has 1 aliphatic heterocycles. The summed E-state index contributed by atoms with van der Waals surface area (Å²) in [5.74, 6) is 0.861. The van der Waals surface area contributed by atoms with E-state index in [0.717, 1.165) is 30.8 Å². The SMILES string of the molecule is CC(c1ccc(-c2ccccc2)c(F)c1)c1nc(CN2CCCCC2)no1. The van der Waals surface area contributed by atoms with Gasteiger partial charge < -0.3 is 4.52 Å². The summed E-state index contributed by atoms with van der Waals surface area (Å²) >= 11 is 0. The molecule has 0 saturated carbocycles. The van der Waals surface area contributed by atoms with E-state index < -0.39 is 0 Å². The van der Waals surface area contributed by atoms with Crippen molar-refractivity contribution in [2.45, 2.75) is 38.6 Å². The largest absolute Gasteiger partial charge is 0.339 e. The van der Waals surface area contributed by atoms with Crippen molar-refractivity contribution in [2.75, 3.05) is 13.1 Å². The Hall–Kier alpha value is -2.53. The van der Waals surface area contributed by atoms with Crippen molar-refractivity contribution in [3.63, 3.8) is 0 Å². The van der Waals surface area contributed by atoms with E-state index in [-0.39, 0.29) is 11.7 Å². The lowest BCUT2D eigenvalue weighted by atomic mass is 9.97. The Morgan fingerprint density at radius 1 is 1.07 bits per heavy atom. The molecule has 4 nitrogen and oxygen atoms in total. The lowest BCUT2D eigenvalue weighted by Crippen LogP contribution is -2.29. The van der Waals surface area contributed by atoms with Gasteiger partial charge >= 0.3 is 0 Å². The van der Waals surface area contributed by atoms with Crippen LogP contribution in [0.3, 0.4) is 0 Å². The van der Waals surface area contributed by atoms with E-state index in [9.17, 15) is 4.39 Å². The number of piperidine rings is 1. The Morgan fingerprint density at radius 3 is 2.59 bits per heavy atom. The van der Waals surface area contributed by atoms with Crippen molar-refractivity contribution < 1.29 is 8.91 Å². The molecule has 0 aliphatic carbocycles. The van der Waals surface area contributed by atoms with Crippen molar-refractivity contribution >= 4 is 0 Å². The Bertz CT molecular complexity index is 888. The van der Waals surface area contributed by atoms with Gasteiger partial charge in [0.25, 0.3) is 0 Å². The van der Waals surface area contributed by atoms with Crippen LogP contribution in [-0.2, 0) is 6.54 Å². The Kier molecular flexibility index (Phi) is 5.30. The highest BCUT2D eigenvalue weighted by Gasteiger charge is 2.20. The summed E-state index contributed by atoms with van der Waals surface area (Å²) in [5.41, 5.74) is 2.30. The fraction of sp³-hybridized carbons (Fsp3) is 0.364. The number of aromatic nitrogens is 2. The van der Waals surface area contributed by atoms with Crippen LogP contribution < -0.4 is 0 Å². The van der Waals surface area contributed by atoms with Crippen LogP contribution >= 0.6 is 0 Å². The van der Waals surface area contributed by atoms with Gasteiger partial charge in [-0.05, 0) is 50.0 Å². The molecule has 1 aromatic heterocycles. The van der Waals surface area contributed by atoms with Gasteiger partial charge in [0.1, 0.15) is 5.82 Å². The second-order valence-electron chi connectivity index (χ2n) is 7.21.